The molecule has 2 aromatic carbocycles. The Bertz CT molecular complexity index is 1040. The van der Waals surface area contributed by atoms with E-state index in [4.69, 9.17) is 16.3 Å². The number of aliphatic carboxylic acids is 1. The van der Waals surface area contributed by atoms with Gasteiger partial charge < -0.3 is 9.84 Å². The van der Waals surface area contributed by atoms with Crippen molar-refractivity contribution in [2.45, 2.75) is 58.0 Å². The molecule has 3 rings (SSSR count). The van der Waals surface area contributed by atoms with Gasteiger partial charge in [-0.3, -0.25) is 4.79 Å². The molecule has 1 aliphatic rings. The minimum absolute atomic E-state index is 0.0133. The smallest absolute Gasteiger partial charge is 0.307 e. The van der Waals surface area contributed by atoms with E-state index >= 15 is 0 Å². The van der Waals surface area contributed by atoms with Crippen LogP contribution < -0.4 is 4.74 Å². The number of hydrogen-bond donors (Lipinski definition) is 1. The molecule has 0 bridgehead atoms. The number of terminal acetylenes is 1. The molecule has 3 nitrogen and oxygen atoms in total. The van der Waals surface area contributed by atoms with Crippen LogP contribution in [0.4, 0.5) is 0 Å². The van der Waals surface area contributed by atoms with Gasteiger partial charge in [0.2, 0.25) is 0 Å². The summed E-state index contributed by atoms with van der Waals surface area (Å²) in [6.07, 6.45) is 7.02. The SMILES string of the molecule is C#CCc1cc(C#Cc2ccc(CC(=O)O)cc2)cc2c1OC(C)(C)CC2(C)C. The maximum absolute atomic E-state index is 10.8. The molecule has 2 aromatic rings. The van der Waals surface area contributed by atoms with Gasteiger partial charge in [0, 0.05) is 28.7 Å². The highest BCUT2D eigenvalue weighted by Crippen LogP contribution is 2.46. The molecule has 1 aliphatic heterocycles. The Hall–Kier alpha value is -3.17. The van der Waals surface area contributed by atoms with Gasteiger partial charge in [-0.05, 0) is 55.5 Å². The van der Waals surface area contributed by atoms with Crippen LogP contribution in [0.15, 0.2) is 36.4 Å². The van der Waals surface area contributed by atoms with Crippen LogP contribution in [0.1, 0.15) is 61.9 Å². The monoisotopic (exact) mass is 386 g/mol. The Labute approximate surface area is 173 Å². The second-order valence-electron chi connectivity index (χ2n) is 8.83. The first-order valence-electron chi connectivity index (χ1n) is 9.72. The summed E-state index contributed by atoms with van der Waals surface area (Å²) in [7, 11) is 0. The van der Waals surface area contributed by atoms with E-state index in [2.05, 4.69) is 51.5 Å². The number of carboxylic acids is 1. The topological polar surface area (TPSA) is 46.5 Å². The average Bonchev–Trinajstić information content (AvgIpc) is 2.60. The van der Waals surface area contributed by atoms with Crippen LogP contribution in [0.25, 0.3) is 0 Å². The van der Waals surface area contributed by atoms with Gasteiger partial charge in [-0.2, -0.15) is 0 Å². The third-order valence-corrected chi connectivity index (χ3v) is 5.09. The van der Waals surface area contributed by atoms with Gasteiger partial charge in [-0.15, -0.1) is 12.3 Å². The van der Waals surface area contributed by atoms with Gasteiger partial charge in [-0.1, -0.05) is 37.8 Å². The Morgan fingerprint density at radius 3 is 2.38 bits per heavy atom. The van der Waals surface area contributed by atoms with Crippen LogP contribution in [0.3, 0.4) is 0 Å². The zero-order valence-electron chi connectivity index (χ0n) is 17.4. The van der Waals surface area contributed by atoms with Crippen LogP contribution in [0.5, 0.6) is 5.75 Å². The van der Waals surface area contributed by atoms with Crippen molar-refractivity contribution in [1.29, 1.82) is 0 Å². The fourth-order valence-corrected chi connectivity index (χ4v) is 4.12. The summed E-state index contributed by atoms with van der Waals surface area (Å²) < 4.78 is 6.31. The van der Waals surface area contributed by atoms with Crippen LogP contribution in [0, 0.1) is 24.2 Å². The number of ether oxygens (including phenoxy) is 1. The van der Waals surface area contributed by atoms with E-state index in [-0.39, 0.29) is 17.4 Å². The molecule has 0 saturated heterocycles. The molecule has 0 aromatic heterocycles. The van der Waals surface area contributed by atoms with Crippen LogP contribution in [-0.2, 0) is 23.1 Å². The molecule has 0 amide bonds. The molecule has 0 fully saturated rings. The van der Waals surface area contributed by atoms with Gasteiger partial charge in [0.15, 0.2) is 0 Å². The van der Waals surface area contributed by atoms with E-state index in [1.165, 1.54) is 0 Å². The Morgan fingerprint density at radius 1 is 1.10 bits per heavy atom. The highest BCUT2D eigenvalue weighted by Gasteiger charge is 2.40. The summed E-state index contributed by atoms with van der Waals surface area (Å²) in [4.78, 5) is 10.8. The normalized spacial score (nSPS) is 15.8. The fraction of sp³-hybridized carbons (Fsp3) is 0.346. The first-order chi connectivity index (χ1) is 13.6. The quantitative estimate of drug-likeness (QED) is 0.776. The largest absolute Gasteiger partial charge is 0.487 e. The number of rotatable bonds is 3. The number of carboxylic acid groups (broad SMARTS) is 1. The molecule has 1 N–H and O–H groups in total. The van der Waals surface area contributed by atoms with E-state index in [0.717, 1.165) is 40.0 Å². The van der Waals surface area contributed by atoms with Crippen LogP contribution in [0.2, 0.25) is 0 Å². The Morgan fingerprint density at radius 2 is 1.76 bits per heavy atom. The van der Waals surface area contributed by atoms with Crippen LogP contribution >= 0.6 is 0 Å². The molecule has 0 spiro atoms. The second kappa shape index (κ2) is 7.69. The van der Waals surface area contributed by atoms with Crippen molar-refractivity contribution in [2.24, 2.45) is 0 Å². The van der Waals surface area contributed by atoms with Gasteiger partial charge >= 0.3 is 5.97 Å². The van der Waals surface area contributed by atoms with Gasteiger partial charge in [-0.25, -0.2) is 0 Å². The van der Waals surface area contributed by atoms with Crippen molar-refractivity contribution >= 4 is 5.97 Å². The Balaban J connectivity index is 1.98. The standard InChI is InChI=1S/C26H26O3/c1-6-7-21-14-20(13-10-18-8-11-19(12-9-18)16-23(27)28)15-22-24(21)29-26(4,5)17-25(22,2)3/h1,8-9,11-12,14-15H,7,16-17H2,2-5H3,(H,27,28). The maximum Gasteiger partial charge on any atom is 0.307 e. The molecule has 148 valence electrons. The molecule has 0 radical (unpaired) electrons. The van der Waals surface area contributed by atoms with Crippen molar-refractivity contribution in [3.63, 3.8) is 0 Å². The molecule has 0 aliphatic carbocycles. The molecule has 3 heteroatoms. The fourth-order valence-electron chi connectivity index (χ4n) is 4.12. The van der Waals surface area contributed by atoms with Gasteiger partial charge in [0.1, 0.15) is 11.4 Å². The molecular formula is C26H26O3. The van der Waals surface area contributed by atoms with Crippen molar-refractivity contribution < 1.29 is 14.6 Å². The summed E-state index contributed by atoms with van der Waals surface area (Å²) >= 11 is 0. The predicted octanol–water partition coefficient (Wildman–Crippen LogP) is 4.73. The van der Waals surface area contributed by atoms with Crippen molar-refractivity contribution in [3.05, 3.63) is 64.2 Å². The van der Waals surface area contributed by atoms with Crippen molar-refractivity contribution in [2.75, 3.05) is 0 Å². The zero-order valence-corrected chi connectivity index (χ0v) is 17.4. The molecular weight excluding hydrogens is 360 g/mol. The van der Waals surface area contributed by atoms with Crippen molar-refractivity contribution in [3.8, 4) is 29.9 Å². The molecule has 0 unspecified atom stereocenters. The van der Waals surface area contributed by atoms with E-state index in [9.17, 15) is 4.79 Å². The lowest BCUT2D eigenvalue weighted by atomic mass is 9.72. The maximum atomic E-state index is 10.8. The number of hydrogen-bond acceptors (Lipinski definition) is 2. The van der Waals surface area contributed by atoms with E-state index in [1.54, 1.807) is 12.1 Å². The Kier molecular flexibility index (Phi) is 5.45. The summed E-state index contributed by atoms with van der Waals surface area (Å²) in [5, 5.41) is 8.88. The van der Waals surface area contributed by atoms with Crippen molar-refractivity contribution in [1.82, 2.24) is 0 Å². The zero-order chi connectivity index (χ0) is 21.2. The molecule has 29 heavy (non-hydrogen) atoms. The average molecular weight is 386 g/mol. The van der Waals surface area contributed by atoms with Gasteiger partial charge in [0.25, 0.3) is 0 Å². The first kappa shape index (κ1) is 20.6. The lowest BCUT2D eigenvalue weighted by Gasteiger charge is -2.43. The lowest BCUT2D eigenvalue weighted by molar-refractivity contribution is -0.136. The van der Waals surface area contributed by atoms with E-state index < -0.39 is 5.97 Å². The summed E-state index contributed by atoms with van der Waals surface area (Å²) in [5.41, 5.74) is 4.35. The highest BCUT2D eigenvalue weighted by atomic mass is 16.5. The predicted molar refractivity (Wildman–Crippen MR) is 115 cm³/mol. The summed E-state index contributed by atoms with van der Waals surface area (Å²) in [6.45, 7) is 8.68. The number of fused-ring (bicyclic) bond motifs is 1. The minimum Gasteiger partial charge on any atom is -0.487 e. The lowest BCUT2D eigenvalue weighted by Crippen LogP contribution is -2.41. The van der Waals surface area contributed by atoms with E-state index in [1.807, 2.05) is 18.2 Å². The number of carbonyl (C=O) groups is 1. The number of benzene rings is 2. The highest BCUT2D eigenvalue weighted by molar-refractivity contribution is 5.70. The minimum atomic E-state index is -0.841. The second-order valence-corrected chi connectivity index (χ2v) is 8.83. The molecule has 1 heterocycles. The van der Waals surface area contributed by atoms with Gasteiger partial charge in [0.05, 0.1) is 6.42 Å². The first-order valence-corrected chi connectivity index (χ1v) is 9.72. The molecule has 0 saturated carbocycles. The third-order valence-electron chi connectivity index (χ3n) is 5.09. The molecule has 0 atom stereocenters. The third kappa shape index (κ3) is 4.82. The van der Waals surface area contributed by atoms with Crippen LogP contribution in [-0.4, -0.2) is 16.7 Å². The summed E-state index contributed by atoms with van der Waals surface area (Å²) in [6, 6.07) is 11.4. The van der Waals surface area contributed by atoms with E-state index in [0.29, 0.717) is 6.42 Å². The summed E-state index contributed by atoms with van der Waals surface area (Å²) in [5.74, 6) is 9.20.